The van der Waals surface area contributed by atoms with Gasteiger partial charge in [0.25, 0.3) is 0 Å². The number of esters is 1. The molecule has 7 nitrogen and oxygen atoms in total. The van der Waals surface area contributed by atoms with Crippen molar-refractivity contribution in [3.8, 4) is 11.6 Å². The zero-order valence-electron chi connectivity index (χ0n) is 25.3. The van der Waals surface area contributed by atoms with Gasteiger partial charge in [-0.3, -0.25) is 0 Å². The molecular weight excluding hydrogens is 532 g/mol. The summed E-state index contributed by atoms with van der Waals surface area (Å²) in [5.41, 5.74) is 1.92. The molecule has 8 heteroatoms. The summed E-state index contributed by atoms with van der Waals surface area (Å²) in [4.78, 5) is 21.8. The lowest BCUT2D eigenvalue weighted by atomic mass is 10.1. The maximum absolute atomic E-state index is 12.7. The molecular formula is C33H48N4O3S. The van der Waals surface area contributed by atoms with Crippen LogP contribution < -0.4 is 4.74 Å². The topological polar surface area (TPSA) is 79.1 Å². The van der Waals surface area contributed by atoms with E-state index in [9.17, 15) is 4.79 Å². The number of hydrogen-bond acceptors (Lipinski definition) is 7. The van der Waals surface area contributed by atoms with Crippen molar-refractivity contribution in [3.05, 3.63) is 48.2 Å². The van der Waals surface area contributed by atoms with Gasteiger partial charge in [-0.25, -0.2) is 14.8 Å². The lowest BCUT2D eigenvalue weighted by Crippen LogP contribution is -2.09. The molecule has 0 aliphatic carbocycles. The Kier molecular flexibility index (Phi) is 15.4. The van der Waals surface area contributed by atoms with Gasteiger partial charge in [0.1, 0.15) is 5.52 Å². The highest BCUT2D eigenvalue weighted by Gasteiger charge is 2.25. The molecule has 2 aromatic heterocycles. The minimum atomic E-state index is -0.507. The molecule has 3 aromatic rings. The van der Waals surface area contributed by atoms with Crippen LogP contribution in [0.1, 0.15) is 114 Å². The fourth-order valence-corrected chi connectivity index (χ4v) is 5.11. The van der Waals surface area contributed by atoms with Gasteiger partial charge in [0.2, 0.25) is 5.88 Å². The van der Waals surface area contributed by atoms with Crippen molar-refractivity contribution in [3.63, 3.8) is 0 Å². The zero-order chi connectivity index (χ0) is 29.1. The highest BCUT2D eigenvalue weighted by Crippen LogP contribution is 2.31. The van der Waals surface area contributed by atoms with Crippen LogP contribution in [-0.2, 0) is 4.74 Å². The van der Waals surface area contributed by atoms with Crippen LogP contribution in [0, 0.1) is 0 Å². The van der Waals surface area contributed by atoms with E-state index >= 15 is 0 Å². The minimum absolute atomic E-state index is 0.165. The van der Waals surface area contributed by atoms with E-state index in [1.165, 1.54) is 88.8 Å². The number of hydrogen-bond donors (Lipinski definition) is 0. The summed E-state index contributed by atoms with van der Waals surface area (Å²) < 4.78 is 13.3. The first-order valence-electron chi connectivity index (χ1n) is 15.5. The number of thioether (sulfide) groups is 1. The molecule has 0 N–H and O–H groups in total. The van der Waals surface area contributed by atoms with Crippen LogP contribution in [0.25, 0.3) is 16.7 Å². The number of fused-ring (bicyclic) bond motifs is 1. The molecule has 0 unspecified atom stereocenters. The Morgan fingerprint density at radius 3 is 2.10 bits per heavy atom. The summed E-state index contributed by atoms with van der Waals surface area (Å²) >= 11 is 1.37. The first-order valence-corrected chi connectivity index (χ1v) is 16.8. The standard InChI is InChI=1S/C33H48N4O3S/c1-4-6-7-8-9-10-11-12-13-14-15-16-17-18-19-23-26-40-31-29-28(36-37(31)27-24-21-20-22-25-27)30(32(38)39-5-2)35-33(34-29)41-3/h12-13,20-22,24-25H,4-11,14-19,23,26H2,1-3H3. The van der Waals surface area contributed by atoms with Crippen LogP contribution in [0.5, 0.6) is 5.88 Å². The molecule has 1 aromatic carbocycles. The van der Waals surface area contributed by atoms with Gasteiger partial charge in [0, 0.05) is 0 Å². The molecule has 0 saturated carbocycles. The molecule has 0 saturated heterocycles. The second-order valence-corrected chi connectivity index (χ2v) is 11.1. The molecule has 2 heterocycles. The van der Waals surface area contributed by atoms with Crippen LogP contribution in [0.2, 0.25) is 0 Å². The molecule has 0 fully saturated rings. The van der Waals surface area contributed by atoms with Crippen molar-refractivity contribution >= 4 is 28.8 Å². The molecule has 0 aliphatic heterocycles. The van der Waals surface area contributed by atoms with Crippen molar-refractivity contribution in [1.29, 1.82) is 0 Å². The largest absolute Gasteiger partial charge is 0.476 e. The SMILES string of the molecule is CCCCCCCCC=CCCCCCCCCOc1c2nc(SC)nc(C(=O)OCC)c2nn1-c1ccccc1. The monoisotopic (exact) mass is 580 g/mol. The molecule has 0 atom stereocenters. The number of benzene rings is 1. The highest BCUT2D eigenvalue weighted by atomic mass is 32.2. The summed E-state index contributed by atoms with van der Waals surface area (Å²) in [6.45, 7) is 4.86. The van der Waals surface area contributed by atoms with Gasteiger partial charge in [-0.2, -0.15) is 9.78 Å². The molecule has 224 valence electrons. The number of carbonyl (C=O) groups excluding carboxylic acids is 1. The summed E-state index contributed by atoms with van der Waals surface area (Å²) in [5.74, 6) is 0.0231. The van der Waals surface area contributed by atoms with Crippen LogP contribution in [0.3, 0.4) is 0 Å². The van der Waals surface area contributed by atoms with Gasteiger partial charge < -0.3 is 9.47 Å². The fourth-order valence-electron chi connectivity index (χ4n) is 4.75. The summed E-state index contributed by atoms with van der Waals surface area (Å²) in [6, 6.07) is 9.75. The number of aromatic nitrogens is 4. The normalized spacial score (nSPS) is 11.5. The Hall–Kier alpha value is -2.87. The predicted molar refractivity (Wildman–Crippen MR) is 169 cm³/mol. The van der Waals surface area contributed by atoms with Crippen molar-refractivity contribution in [2.45, 2.75) is 109 Å². The van der Waals surface area contributed by atoms with Crippen molar-refractivity contribution < 1.29 is 14.3 Å². The van der Waals surface area contributed by atoms with E-state index in [0.717, 1.165) is 18.5 Å². The predicted octanol–water partition coefficient (Wildman–Crippen LogP) is 9.13. The minimum Gasteiger partial charge on any atom is -0.476 e. The number of nitrogens with zero attached hydrogens (tertiary/aromatic N) is 4. The van der Waals surface area contributed by atoms with Gasteiger partial charge in [-0.05, 0) is 57.4 Å². The number of rotatable bonds is 21. The highest BCUT2D eigenvalue weighted by molar-refractivity contribution is 7.98. The number of para-hydroxylation sites is 1. The van der Waals surface area contributed by atoms with E-state index < -0.39 is 5.97 Å². The fraction of sp³-hybridized carbons (Fsp3) is 0.576. The maximum atomic E-state index is 12.7. The lowest BCUT2D eigenvalue weighted by molar-refractivity contribution is 0.0520. The average Bonchev–Trinajstić information content (AvgIpc) is 3.37. The summed E-state index contributed by atoms with van der Waals surface area (Å²) in [6.07, 6.45) is 24.3. The van der Waals surface area contributed by atoms with Crippen LogP contribution in [0.15, 0.2) is 47.6 Å². The molecule has 0 aliphatic rings. The first kappa shape index (κ1) is 32.6. The molecule has 41 heavy (non-hydrogen) atoms. The molecule has 0 amide bonds. The Morgan fingerprint density at radius 2 is 1.46 bits per heavy atom. The third-order valence-corrected chi connectivity index (χ3v) is 7.55. The second kappa shape index (κ2) is 19.3. The first-order chi connectivity index (χ1) is 20.2. The molecule has 0 bridgehead atoms. The van der Waals surface area contributed by atoms with E-state index in [1.807, 2.05) is 36.6 Å². The Morgan fingerprint density at radius 1 is 0.829 bits per heavy atom. The summed E-state index contributed by atoms with van der Waals surface area (Å²) in [5, 5.41) is 5.19. The van der Waals surface area contributed by atoms with Gasteiger partial charge in [0.05, 0.1) is 18.9 Å². The van der Waals surface area contributed by atoms with E-state index in [-0.39, 0.29) is 12.3 Å². The van der Waals surface area contributed by atoms with Crippen LogP contribution in [0.4, 0.5) is 0 Å². The van der Waals surface area contributed by atoms with Crippen LogP contribution >= 0.6 is 11.8 Å². The number of allylic oxidation sites excluding steroid dienone is 2. The average molecular weight is 581 g/mol. The third kappa shape index (κ3) is 10.8. The Labute approximate surface area is 250 Å². The quantitative estimate of drug-likeness (QED) is 0.0409. The van der Waals surface area contributed by atoms with E-state index in [4.69, 9.17) is 14.6 Å². The van der Waals surface area contributed by atoms with Gasteiger partial charge in [-0.1, -0.05) is 107 Å². The Balaban J connectivity index is 1.47. The lowest BCUT2D eigenvalue weighted by Gasteiger charge is -2.09. The zero-order valence-corrected chi connectivity index (χ0v) is 26.1. The molecule has 0 radical (unpaired) electrons. The van der Waals surface area contributed by atoms with Gasteiger partial charge >= 0.3 is 5.97 Å². The van der Waals surface area contributed by atoms with Gasteiger partial charge in [-0.15, -0.1) is 0 Å². The number of unbranched alkanes of at least 4 members (excludes halogenated alkanes) is 12. The number of carbonyl (C=O) groups is 1. The number of ether oxygens (including phenoxy) is 2. The van der Waals surface area contributed by atoms with Crippen LogP contribution in [-0.4, -0.2) is 45.2 Å². The van der Waals surface area contributed by atoms with Crippen molar-refractivity contribution in [2.24, 2.45) is 0 Å². The second-order valence-electron chi connectivity index (χ2n) is 10.3. The van der Waals surface area contributed by atoms with Crippen molar-refractivity contribution in [2.75, 3.05) is 19.5 Å². The van der Waals surface area contributed by atoms with E-state index in [1.54, 1.807) is 11.6 Å². The van der Waals surface area contributed by atoms with Gasteiger partial charge in [0.15, 0.2) is 16.4 Å². The maximum Gasteiger partial charge on any atom is 0.359 e. The van der Waals surface area contributed by atoms with E-state index in [2.05, 4.69) is 29.0 Å². The summed E-state index contributed by atoms with van der Waals surface area (Å²) in [7, 11) is 0. The smallest absolute Gasteiger partial charge is 0.359 e. The van der Waals surface area contributed by atoms with E-state index in [0.29, 0.717) is 28.7 Å². The molecule has 3 rings (SSSR count). The Bertz CT molecular complexity index is 1200. The van der Waals surface area contributed by atoms with Crippen molar-refractivity contribution in [1.82, 2.24) is 19.7 Å². The third-order valence-electron chi connectivity index (χ3n) is 7.01. The molecule has 0 spiro atoms.